The summed E-state index contributed by atoms with van der Waals surface area (Å²) in [4.78, 5) is 7.90. The van der Waals surface area contributed by atoms with Crippen molar-refractivity contribution in [2.24, 2.45) is 0 Å². The van der Waals surface area contributed by atoms with Crippen LogP contribution >= 0.6 is 31.9 Å². The van der Waals surface area contributed by atoms with E-state index in [1.165, 1.54) is 12.4 Å². The average molecular weight is 407 g/mol. The highest BCUT2D eigenvalue weighted by Crippen LogP contribution is 2.25. The Balaban J connectivity index is 2.21. The van der Waals surface area contributed by atoms with Crippen molar-refractivity contribution in [3.05, 3.63) is 51.4 Å². The quantitative estimate of drug-likeness (QED) is 0.846. The molecule has 0 saturated carbocycles. The molecule has 100 valence electrons. The van der Waals surface area contributed by atoms with Crippen LogP contribution in [0.25, 0.3) is 0 Å². The largest absolute Gasteiger partial charge is 0.245 e. The molecule has 0 radical (unpaired) electrons. The first-order valence-electron chi connectivity index (χ1n) is 5.18. The van der Waals surface area contributed by atoms with Crippen molar-refractivity contribution in [3.63, 3.8) is 0 Å². The minimum atomic E-state index is -3.60. The van der Waals surface area contributed by atoms with Crippen molar-refractivity contribution < 1.29 is 8.42 Å². The van der Waals surface area contributed by atoms with Gasteiger partial charge in [-0.25, -0.2) is 23.1 Å². The molecule has 0 bridgehead atoms. The number of nitrogens with one attached hydrogen (secondary N) is 1. The highest BCUT2D eigenvalue weighted by atomic mass is 79.9. The van der Waals surface area contributed by atoms with E-state index in [4.69, 9.17) is 0 Å². The summed E-state index contributed by atoms with van der Waals surface area (Å²) in [5.41, 5.74) is 0.602. The molecule has 1 heterocycles. The zero-order valence-electron chi connectivity index (χ0n) is 9.55. The Kier molecular flexibility index (Phi) is 4.67. The summed E-state index contributed by atoms with van der Waals surface area (Å²) in [7, 11) is -3.60. The average Bonchev–Trinajstić information content (AvgIpc) is 2.40. The summed E-state index contributed by atoms with van der Waals surface area (Å²) in [5, 5.41) is 0. The number of benzene rings is 1. The molecule has 1 aromatic carbocycles. The molecule has 1 aromatic heterocycles. The highest BCUT2D eigenvalue weighted by Gasteiger charge is 2.17. The molecule has 0 aliphatic heterocycles. The maximum Gasteiger partial charge on any atom is 0.242 e. The van der Waals surface area contributed by atoms with Crippen molar-refractivity contribution in [2.75, 3.05) is 0 Å². The fourth-order valence-electron chi connectivity index (χ4n) is 1.35. The van der Waals surface area contributed by atoms with Crippen molar-refractivity contribution in [1.29, 1.82) is 0 Å². The van der Waals surface area contributed by atoms with E-state index in [1.807, 2.05) is 0 Å². The van der Waals surface area contributed by atoms with Crippen LogP contribution in [0.5, 0.6) is 0 Å². The molecule has 5 nitrogen and oxygen atoms in total. The van der Waals surface area contributed by atoms with Crippen molar-refractivity contribution in [2.45, 2.75) is 11.4 Å². The van der Waals surface area contributed by atoms with E-state index >= 15 is 0 Å². The van der Waals surface area contributed by atoms with E-state index in [0.29, 0.717) is 14.6 Å². The van der Waals surface area contributed by atoms with Crippen LogP contribution in [0.1, 0.15) is 5.69 Å². The summed E-state index contributed by atoms with van der Waals surface area (Å²) in [5.74, 6) is 0. The van der Waals surface area contributed by atoms with Gasteiger partial charge in [-0.3, -0.25) is 0 Å². The summed E-state index contributed by atoms with van der Waals surface area (Å²) < 4.78 is 28.0. The van der Waals surface area contributed by atoms with E-state index < -0.39 is 10.0 Å². The van der Waals surface area contributed by atoms with Crippen molar-refractivity contribution >= 4 is 41.9 Å². The Labute approximate surface area is 127 Å². The van der Waals surface area contributed by atoms with Crippen LogP contribution in [0.15, 0.2) is 50.6 Å². The zero-order valence-corrected chi connectivity index (χ0v) is 13.5. The first kappa shape index (κ1) is 14.6. The second kappa shape index (κ2) is 6.08. The molecule has 0 atom stereocenters. The van der Waals surface area contributed by atoms with E-state index in [9.17, 15) is 8.42 Å². The lowest BCUT2D eigenvalue weighted by Crippen LogP contribution is -2.24. The van der Waals surface area contributed by atoms with Crippen LogP contribution in [0.3, 0.4) is 0 Å². The molecule has 0 aliphatic carbocycles. The molecule has 0 saturated heterocycles. The molecule has 8 heteroatoms. The molecule has 0 aliphatic rings. The molecule has 1 N–H and O–H groups in total. The van der Waals surface area contributed by atoms with E-state index in [2.05, 4.69) is 46.5 Å². The minimum Gasteiger partial charge on any atom is -0.245 e. The van der Waals surface area contributed by atoms with Gasteiger partial charge < -0.3 is 0 Å². The molecule has 0 amide bonds. The summed E-state index contributed by atoms with van der Waals surface area (Å²) >= 11 is 6.48. The number of aromatic nitrogens is 2. The fraction of sp³-hybridized carbons (Fsp3) is 0.0909. The van der Waals surface area contributed by atoms with E-state index in [1.54, 1.807) is 24.4 Å². The second-order valence-corrected chi connectivity index (χ2v) is 7.11. The fourth-order valence-corrected chi connectivity index (χ4v) is 3.85. The summed E-state index contributed by atoms with van der Waals surface area (Å²) in [6.45, 7) is 0.115. The van der Waals surface area contributed by atoms with E-state index in [-0.39, 0.29) is 11.4 Å². The van der Waals surface area contributed by atoms with Gasteiger partial charge in [0.1, 0.15) is 6.33 Å². The first-order chi connectivity index (χ1) is 8.99. The molecule has 0 spiro atoms. The Morgan fingerprint density at radius 3 is 2.68 bits per heavy atom. The van der Waals surface area contributed by atoms with Gasteiger partial charge in [0.05, 0.1) is 17.1 Å². The zero-order chi connectivity index (χ0) is 13.9. The van der Waals surface area contributed by atoms with Gasteiger partial charge in [-0.05, 0) is 40.2 Å². The SMILES string of the molecule is O=S(=O)(NCc1ccncn1)c1cc(Br)ccc1Br. The molecule has 2 aromatic rings. The van der Waals surface area contributed by atoms with Gasteiger partial charge in [0.15, 0.2) is 0 Å². The molecule has 0 unspecified atom stereocenters. The third-order valence-corrected chi connectivity index (χ3v) is 5.16. The van der Waals surface area contributed by atoms with Crippen LogP contribution in [0, 0.1) is 0 Å². The van der Waals surface area contributed by atoms with Gasteiger partial charge >= 0.3 is 0 Å². The van der Waals surface area contributed by atoms with Crippen LogP contribution < -0.4 is 4.72 Å². The van der Waals surface area contributed by atoms with Gasteiger partial charge in [-0.15, -0.1) is 0 Å². The van der Waals surface area contributed by atoms with Crippen LogP contribution in [0.2, 0.25) is 0 Å². The van der Waals surface area contributed by atoms with Crippen molar-refractivity contribution in [1.82, 2.24) is 14.7 Å². The third kappa shape index (κ3) is 3.82. The lowest BCUT2D eigenvalue weighted by molar-refractivity contribution is 0.580. The van der Waals surface area contributed by atoms with Gasteiger partial charge in [0.25, 0.3) is 0 Å². The maximum absolute atomic E-state index is 12.2. The Hall–Kier alpha value is -0.830. The first-order valence-corrected chi connectivity index (χ1v) is 8.25. The number of sulfonamides is 1. The Morgan fingerprint density at radius 1 is 1.21 bits per heavy atom. The predicted molar refractivity (Wildman–Crippen MR) is 77.9 cm³/mol. The van der Waals surface area contributed by atoms with Gasteiger partial charge in [-0.1, -0.05) is 15.9 Å². The van der Waals surface area contributed by atoms with Gasteiger partial charge in [0.2, 0.25) is 10.0 Å². The smallest absolute Gasteiger partial charge is 0.242 e. The van der Waals surface area contributed by atoms with Crippen LogP contribution in [0.4, 0.5) is 0 Å². The predicted octanol–water partition coefficient (Wildman–Crippen LogP) is 2.48. The number of hydrogen-bond acceptors (Lipinski definition) is 4. The van der Waals surface area contributed by atoms with Crippen molar-refractivity contribution in [3.8, 4) is 0 Å². The molecule has 0 fully saturated rings. The standard InChI is InChI=1S/C11H9Br2N3O2S/c12-8-1-2-10(13)11(5-8)19(17,18)16-6-9-3-4-14-7-15-9/h1-5,7,16H,6H2. The maximum atomic E-state index is 12.2. The minimum absolute atomic E-state index is 0.115. The van der Waals surface area contributed by atoms with Gasteiger partial charge in [-0.2, -0.15) is 0 Å². The second-order valence-electron chi connectivity index (χ2n) is 3.60. The molecular formula is C11H9Br2N3O2S. The number of hydrogen-bond donors (Lipinski definition) is 1. The summed E-state index contributed by atoms with van der Waals surface area (Å²) in [6.07, 6.45) is 2.93. The number of rotatable bonds is 4. The molecular weight excluding hydrogens is 398 g/mol. The topological polar surface area (TPSA) is 72.0 Å². The summed E-state index contributed by atoms with van der Waals surface area (Å²) in [6, 6.07) is 6.61. The number of nitrogens with zero attached hydrogens (tertiary/aromatic N) is 2. The lowest BCUT2D eigenvalue weighted by Gasteiger charge is -2.08. The monoisotopic (exact) mass is 405 g/mol. The van der Waals surface area contributed by atoms with Crippen LogP contribution in [-0.4, -0.2) is 18.4 Å². The lowest BCUT2D eigenvalue weighted by atomic mass is 10.4. The van der Waals surface area contributed by atoms with E-state index in [0.717, 1.165) is 0 Å². The van der Waals surface area contributed by atoms with Gasteiger partial charge in [0, 0.05) is 15.1 Å². The number of halogens is 2. The molecule has 2 rings (SSSR count). The van der Waals surface area contributed by atoms with Crippen LogP contribution in [-0.2, 0) is 16.6 Å². The Bertz CT molecular complexity index is 678. The normalized spacial score (nSPS) is 11.5. The highest BCUT2D eigenvalue weighted by molar-refractivity contribution is 9.11. The third-order valence-electron chi connectivity index (χ3n) is 2.27. The Morgan fingerprint density at radius 2 is 2.00 bits per heavy atom. The molecule has 19 heavy (non-hydrogen) atoms.